The Morgan fingerprint density at radius 3 is 2.67 bits per heavy atom. The van der Waals surface area contributed by atoms with Crippen molar-refractivity contribution in [2.75, 3.05) is 19.0 Å². The first-order chi connectivity index (χ1) is 13.0. The summed E-state index contributed by atoms with van der Waals surface area (Å²) in [4.78, 5) is 12.1. The average molecular weight is 391 g/mol. The van der Waals surface area contributed by atoms with Gasteiger partial charge in [-0.15, -0.1) is 0 Å². The lowest BCUT2D eigenvalue weighted by atomic mass is 10.1. The molecule has 0 saturated carbocycles. The quantitative estimate of drug-likeness (QED) is 0.631. The number of benzene rings is 2. The van der Waals surface area contributed by atoms with Gasteiger partial charge in [-0.1, -0.05) is 35.9 Å². The number of hydrogen-bond acceptors (Lipinski definition) is 4. The van der Waals surface area contributed by atoms with Gasteiger partial charge in [0, 0.05) is 24.5 Å². The molecule has 2 aromatic rings. The van der Waals surface area contributed by atoms with Crippen molar-refractivity contribution in [3.8, 4) is 5.75 Å². The molecule has 0 aromatic heterocycles. The predicted molar refractivity (Wildman–Crippen MR) is 109 cm³/mol. The first-order valence-corrected chi connectivity index (χ1v) is 9.39. The minimum atomic E-state index is -0.0210. The van der Waals surface area contributed by atoms with Crippen molar-refractivity contribution in [3.63, 3.8) is 0 Å². The number of rotatable bonds is 10. The molecule has 0 spiro atoms. The van der Waals surface area contributed by atoms with Gasteiger partial charge in [0.2, 0.25) is 5.91 Å². The lowest BCUT2D eigenvalue weighted by Crippen LogP contribution is -2.25. The largest absolute Gasteiger partial charge is 0.495 e. The highest BCUT2D eigenvalue weighted by atomic mass is 35.5. The van der Waals surface area contributed by atoms with Crippen molar-refractivity contribution in [3.05, 3.63) is 58.6 Å². The van der Waals surface area contributed by atoms with Gasteiger partial charge in [0.05, 0.1) is 25.5 Å². The zero-order valence-electron chi connectivity index (χ0n) is 16.0. The number of amides is 1. The Hall–Kier alpha value is -2.24. The Balaban J connectivity index is 1.77. The highest BCUT2D eigenvalue weighted by Crippen LogP contribution is 2.27. The van der Waals surface area contributed by atoms with Gasteiger partial charge in [0.15, 0.2) is 0 Å². The van der Waals surface area contributed by atoms with E-state index < -0.39 is 0 Å². The van der Waals surface area contributed by atoms with Crippen molar-refractivity contribution in [1.29, 1.82) is 0 Å². The molecule has 2 rings (SSSR count). The molecule has 0 aliphatic heterocycles. The van der Waals surface area contributed by atoms with E-state index in [1.54, 1.807) is 25.3 Å². The van der Waals surface area contributed by atoms with E-state index in [-0.39, 0.29) is 12.0 Å². The standard InChI is InChI=1S/C21H27ClN2O3/c1-15(2)27-14-17-6-4-5-16(11-17)13-24-21(25)9-10-23-19-12-18(22)7-8-20(19)26-3/h4-8,11-12,15,23H,9-10,13-14H2,1-3H3,(H,24,25). The lowest BCUT2D eigenvalue weighted by molar-refractivity contribution is -0.121. The molecule has 0 aliphatic carbocycles. The van der Waals surface area contributed by atoms with Gasteiger partial charge in [0.25, 0.3) is 0 Å². The number of halogens is 1. The molecule has 0 bridgehead atoms. The second kappa shape index (κ2) is 10.8. The Morgan fingerprint density at radius 1 is 1.15 bits per heavy atom. The summed E-state index contributed by atoms with van der Waals surface area (Å²) >= 11 is 6.00. The van der Waals surface area contributed by atoms with Gasteiger partial charge in [-0.25, -0.2) is 0 Å². The Labute approximate surface area is 166 Å². The summed E-state index contributed by atoms with van der Waals surface area (Å²) in [6, 6.07) is 13.4. The van der Waals surface area contributed by atoms with E-state index in [4.69, 9.17) is 21.1 Å². The minimum absolute atomic E-state index is 0.0210. The van der Waals surface area contributed by atoms with Crippen LogP contribution in [0.2, 0.25) is 5.02 Å². The molecule has 1 amide bonds. The minimum Gasteiger partial charge on any atom is -0.495 e. The number of nitrogens with one attached hydrogen (secondary N) is 2. The molecule has 0 saturated heterocycles. The molecule has 0 atom stereocenters. The van der Waals surface area contributed by atoms with Crippen LogP contribution in [0.15, 0.2) is 42.5 Å². The Bertz CT molecular complexity index is 750. The van der Waals surface area contributed by atoms with Crippen molar-refractivity contribution in [2.24, 2.45) is 0 Å². The molecule has 6 heteroatoms. The number of carbonyl (C=O) groups is 1. The normalized spacial score (nSPS) is 10.7. The third-order valence-corrected chi connectivity index (χ3v) is 4.13. The highest BCUT2D eigenvalue weighted by molar-refractivity contribution is 6.30. The van der Waals surface area contributed by atoms with Gasteiger partial charge in [-0.3, -0.25) is 4.79 Å². The van der Waals surface area contributed by atoms with E-state index in [0.29, 0.717) is 36.9 Å². The Kier molecular flexibility index (Phi) is 8.43. The van der Waals surface area contributed by atoms with Gasteiger partial charge in [-0.05, 0) is 43.2 Å². The van der Waals surface area contributed by atoms with Crippen molar-refractivity contribution in [2.45, 2.75) is 39.5 Å². The number of methoxy groups -OCH3 is 1. The van der Waals surface area contributed by atoms with Crippen LogP contribution in [0, 0.1) is 0 Å². The van der Waals surface area contributed by atoms with Crippen LogP contribution in [0.1, 0.15) is 31.4 Å². The maximum Gasteiger partial charge on any atom is 0.222 e. The summed E-state index contributed by atoms with van der Waals surface area (Å²) < 4.78 is 10.9. The zero-order chi connectivity index (χ0) is 19.6. The molecular formula is C21H27ClN2O3. The van der Waals surface area contributed by atoms with E-state index in [0.717, 1.165) is 16.8 Å². The van der Waals surface area contributed by atoms with E-state index in [2.05, 4.69) is 16.7 Å². The molecule has 0 aliphatic rings. The summed E-state index contributed by atoms with van der Waals surface area (Å²) in [6.45, 7) is 5.58. The molecule has 146 valence electrons. The van der Waals surface area contributed by atoms with Crippen molar-refractivity contribution in [1.82, 2.24) is 5.32 Å². The third kappa shape index (κ3) is 7.49. The average Bonchev–Trinajstić information content (AvgIpc) is 2.65. The second-order valence-electron chi connectivity index (χ2n) is 6.48. The van der Waals surface area contributed by atoms with Crippen molar-refractivity contribution >= 4 is 23.2 Å². The monoisotopic (exact) mass is 390 g/mol. The molecule has 2 N–H and O–H groups in total. The fraction of sp³-hybridized carbons (Fsp3) is 0.381. The fourth-order valence-electron chi connectivity index (χ4n) is 2.51. The van der Waals surface area contributed by atoms with E-state index >= 15 is 0 Å². The molecule has 0 unspecified atom stereocenters. The number of carbonyl (C=O) groups excluding carboxylic acids is 1. The van der Waals surface area contributed by atoms with E-state index in [1.807, 2.05) is 32.0 Å². The first kappa shape index (κ1) is 21.1. The summed E-state index contributed by atoms with van der Waals surface area (Å²) in [5, 5.41) is 6.74. The number of hydrogen-bond donors (Lipinski definition) is 2. The Morgan fingerprint density at radius 2 is 1.93 bits per heavy atom. The van der Waals surface area contributed by atoms with E-state index in [9.17, 15) is 4.79 Å². The molecule has 0 fully saturated rings. The van der Waals surface area contributed by atoms with Gasteiger partial charge < -0.3 is 20.1 Å². The topological polar surface area (TPSA) is 59.6 Å². The van der Waals surface area contributed by atoms with Crippen LogP contribution in [0.5, 0.6) is 5.75 Å². The summed E-state index contributed by atoms with van der Waals surface area (Å²) in [5.74, 6) is 0.674. The first-order valence-electron chi connectivity index (χ1n) is 9.01. The summed E-state index contributed by atoms with van der Waals surface area (Å²) in [6.07, 6.45) is 0.546. The number of anilines is 1. The number of ether oxygens (including phenoxy) is 2. The summed E-state index contributed by atoms with van der Waals surface area (Å²) in [7, 11) is 1.60. The second-order valence-corrected chi connectivity index (χ2v) is 6.91. The van der Waals surface area contributed by atoms with Crippen LogP contribution in [-0.4, -0.2) is 25.7 Å². The lowest BCUT2D eigenvalue weighted by Gasteiger charge is -2.12. The smallest absolute Gasteiger partial charge is 0.222 e. The van der Waals surface area contributed by atoms with Crippen molar-refractivity contribution < 1.29 is 14.3 Å². The highest BCUT2D eigenvalue weighted by Gasteiger charge is 2.06. The maximum atomic E-state index is 12.1. The zero-order valence-corrected chi connectivity index (χ0v) is 16.8. The van der Waals surface area contributed by atoms with Crippen LogP contribution >= 0.6 is 11.6 Å². The van der Waals surface area contributed by atoms with Crippen LogP contribution in [-0.2, 0) is 22.7 Å². The third-order valence-electron chi connectivity index (χ3n) is 3.89. The molecule has 5 nitrogen and oxygen atoms in total. The molecule has 2 aromatic carbocycles. The van der Waals surface area contributed by atoms with Crippen LogP contribution in [0.4, 0.5) is 5.69 Å². The van der Waals surface area contributed by atoms with Crippen LogP contribution in [0.3, 0.4) is 0 Å². The molecule has 0 radical (unpaired) electrons. The van der Waals surface area contributed by atoms with Crippen LogP contribution in [0.25, 0.3) is 0 Å². The predicted octanol–water partition coefficient (Wildman–Crippen LogP) is 4.39. The SMILES string of the molecule is COc1ccc(Cl)cc1NCCC(=O)NCc1cccc(COC(C)C)c1. The maximum absolute atomic E-state index is 12.1. The van der Waals surface area contributed by atoms with E-state index in [1.165, 1.54) is 0 Å². The van der Waals surface area contributed by atoms with Crippen LogP contribution < -0.4 is 15.4 Å². The molecular weight excluding hydrogens is 364 g/mol. The molecule has 27 heavy (non-hydrogen) atoms. The van der Waals surface area contributed by atoms with Gasteiger partial charge >= 0.3 is 0 Å². The summed E-state index contributed by atoms with van der Waals surface area (Å²) in [5.41, 5.74) is 2.93. The fourth-order valence-corrected chi connectivity index (χ4v) is 2.68. The molecule has 0 heterocycles. The van der Waals surface area contributed by atoms with Gasteiger partial charge in [-0.2, -0.15) is 0 Å². The van der Waals surface area contributed by atoms with Gasteiger partial charge in [0.1, 0.15) is 5.75 Å².